The van der Waals surface area contributed by atoms with Crippen LogP contribution in [0.3, 0.4) is 0 Å². The maximum atomic E-state index is 11.6. The largest absolute Gasteiger partial charge is 0.480 e. The summed E-state index contributed by atoms with van der Waals surface area (Å²) in [4.78, 5) is 27.9. The molecular formula is C18H25N3O3. The molecule has 0 saturated carbocycles. The number of hydrogen-bond acceptors (Lipinski definition) is 3. The van der Waals surface area contributed by atoms with Crippen molar-refractivity contribution in [3.63, 3.8) is 0 Å². The first-order valence-corrected chi connectivity index (χ1v) is 8.18. The average molecular weight is 331 g/mol. The van der Waals surface area contributed by atoms with E-state index in [2.05, 4.69) is 10.3 Å². The minimum absolute atomic E-state index is 0.0210. The molecule has 1 aromatic heterocycles. The highest BCUT2D eigenvalue weighted by Gasteiger charge is 2.22. The van der Waals surface area contributed by atoms with Gasteiger partial charge in [0.2, 0.25) is 5.91 Å². The highest BCUT2D eigenvalue weighted by Crippen LogP contribution is 2.19. The average Bonchev–Trinajstić information content (AvgIpc) is 2.96. The molecule has 6 nitrogen and oxygen atoms in total. The molecule has 0 aliphatic heterocycles. The van der Waals surface area contributed by atoms with Crippen molar-refractivity contribution in [2.75, 3.05) is 13.6 Å². The van der Waals surface area contributed by atoms with Gasteiger partial charge in [-0.15, -0.1) is 0 Å². The Morgan fingerprint density at radius 3 is 2.67 bits per heavy atom. The zero-order valence-corrected chi connectivity index (χ0v) is 14.4. The van der Waals surface area contributed by atoms with Crippen LogP contribution in [0.2, 0.25) is 0 Å². The van der Waals surface area contributed by atoms with E-state index in [1.807, 2.05) is 37.4 Å². The number of carbonyl (C=O) groups excluding carboxylic acids is 1. The number of fused-ring (bicyclic) bond motifs is 1. The van der Waals surface area contributed by atoms with Crippen molar-refractivity contribution in [3.05, 3.63) is 36.0 Å². The fourth-order valence-electron chi connectivity index (χ4n) is 2.86. The minimum Gasteiger partial charge on any atom is -0.480 e. The molecule has 1 amide bonds. The van der Waals surface area contributed by atoms with Gasteiger partial charge < -0.3 is 20.3 Å². The maximum Gasteiger partial charge on any atom is 0.321 e. The number of aromatic amines is 1. The second-order valence-electron chi connectivity index (χ2n) is 6.05. The molecule has 24 heavy (non-hydrogen) atoms. The maximum absolute atomic E-state index is 11.6. The summed E-state index contributed by atoms with van der Waals surface area (Å²) in [5.74, 6) is -0.909. The van der Waals surface area contributed by atoms with Crippen molar-refractivity contribution in [3.8, 4) is 0 Å². The van der Waals surface area contributed by atoms with Gasteiger partial charge in [0.1, 0.15) is 6.04 Å². The lowest BCUT2D eigenvalue weighted by Gasteiger charge is -2.28. The fraction of sp³-hybridized carbons (Fsp3) is 0.444. The highest BCUT2D eigenvalue weighted by molar-refractivity contribution is 5.84. The van der Waals surface area contributed by atoms with Gasteiger partial charge in [-0.2, -0.15) is 0 Å². The van der Waals surface area contributed by atoms with E-state index in [0.29, 0.717) is 13.0 Å². The molecule has 0 aliphatic rings. The number of amides is 1. The number of carboxylic acids is 1. The lowest BCUT2D eigenvalue weighted by molar-refractivity contribution is -0.139. The molecule has 0 fully saturated rings. The third-order valence-corrected chi connectivity index (χ3v) is 4.51. The Labute approximate surface area is 141 Å². The Bertz CT molecular complexity index is 710. The number of nitrogens with one attached hydrogen (secondary N) is 2. The van der Waals surface area contributed by atoms with E-state index >= 15 is 0 Å². The van der Waals surface area contributed by atoms with Crippen molar-refractivity contribution in [2.24, 2.45) is 0 Å². The van der Waals surface area contributed by atoms with E-state index in [0.717, 1.165) is 22.9 Å². The van der Waals surface area contributed by atoms with Crippen molar-refractivity contribution in [1.82, 2.24) is 15.2 Å². The van der Waals surface area contributed by atoms with Crippen LogP contribution in [0, 0.1) is 0 Å². The van der Waals surface area contributed by atoms with Crippen molar-refractivity contribution in [1.29, 1.82) is 0 Å². The van der Waals surface area contributed by atoms with Crippen molar-refractivity contribution < 1.29 is 14.7 Å². The van der Waals surface area contributed by atoms with Crippen LogP contribution in [-0.2, 0) is 16.0 Å². The molecule has 0 bridgehead atoms. The van der Waals surface area contributed by atoms with Crippen LogP contribution >= 0.6 is 0 Å². The Balaban J connectivity index is 2.07. The van der Waals surface area contributed by atoms with Gasteiger partial charge in [-0.3, -0.25) is 9.59 Å². The van der Waals surface area contributed by atoms with Crippen LogP contribution in [-0.4, -0.2) is 52.5 Å². The Hall–Kier alpha value is -2.34. The van der Waals surface area contributed by atoms with Gasteiger partial charge in [0.05, 0.1) is 0 Å². The zero-order valence-electron chi connectivity index (χ0n) is 14.4. The van der Waals surface area contributed by atoms with Gasteiger partial charge in [0, 0.05) is 50.1 Å². The number of rotatable bonds is 8. The SMILES string of the molecule is CC[C@@H](CN[C@H](Cc1c[nH]c2ccccc12)C(=O)O)N(C)C(C)=O. The number of carbonyl (C=O) groups is 2. The summed E-state index contributed by atoms with van der Waals surface area (Å²) >= 11 is 0. The predicted molar refractivity (Wildman–Crippen MR) is 94.0 cm³/mol. The van der Waals surface area contributed by atoms with Crippen molar-refractivity contribution in [2.45, 2.75) is 38.8 Å². The lowest BCUT2D eigenvalue weighted by Crippen LogP contribution is -2.47. The number of H-pyrrole nitrogens is 1. The summed E-state index contributed by atoms with van der Waals surface area (Å²) < 4.78 is 0. The molecule has 130 valence electrons. The molecule has 2 atom stereocenters. The predicted octanol–water partition coefficient (Wildman–Crippen LogP) is 2.01. The number of carboxylic acid groups (broad SMARTS) is 1. The standard InChI is InChI=1S/C18H25N3O3/c1-4-14(21(3)12(2)22)11-20-17(18(23)24)9-13-10-19-16-8-6-5-7-15(13)16/h5-8,10,14,17,19-20H,4,9,11H2,1-3H3,(H,23,24)/t14-,17+/m0/s1. The first-order valence-electron chi connectivity index (χ1n) is 8.18. The Morgan fingerprint density at radius 1 is 1.33 bits per heavy atom. The number of nitrogens with zero attached hydrogens (tertiary/aromatic N) is 1. The van der Waals surface area contributed by atoms with Gasteiger partial charge in [-0.1, -0.05) is 25.1 Å². The molecule has 3 N–H and O–H groups in total. The van der Waals surface area contributed by atoms with E-state index in [1.165, 1.54) is 6.92 Å². The van der Waals surface area contributed by atoms with Crippen LogP contribution in [0.1, 0.15) is 25.8 Å². The lowest BCUT2D eigenvalue weighted by atomic mass is 10.0. The van der Waals surface area contributed by atoms with E-state index in [-0.39, 0.29) is 11.9 Å². The van der Waals surface area contributed by atoms with E-state index in [4.69, 9.17) is 0 Å². The smallest absolute Gasteiger partial charge is 0.321 e. The summed E-state index contributed by atoms with van der Waals surface area (Å²) in [6.45, 7) is 3.95. The number of hydrogen-bond donors (Lipinski definition) is 3. The molecule has 0 spiro atoms. The molecule has 0 unspecified atom stereocenters. The van der Waals surface area contributed by atoms with Gasteiger partial charge in [0.15, 0.2) is 0 Å². The van der Waals surface area contributed by atoms with E-state index < -0.39 is 12.0 Å². The Morgan fingerprint density at radius 2 is 2.04 bits per heavy atom. The molecule has 0 aliphatic carbocycles. The molecule has 2 aromatic rings. The summed E-state index contributed by atoms with van der Waals surface area (Å²) in [5.41, 5.74) is 1.97. The number of para-hydroxylation sites is 1. The molecule has 0 saturated heterocycles. The zero-order chi connectivity index (χ0) is 17.7. The molecule has 1 heterocycles. The Kier molecular flexibility index (Phi) is 5.98. The van der Waals surface area contributed by atoms with Crippen LogP contribution in [0.25, 0.3) is 10.9 Å². The van der Waals surface area contributed by atoms with Crippen LogP contribution < -0.4 is 5.32 Å². The van der Waals surface area contributed by atoms with Crippen molar-refractivity contribution >= 4 is 22.8 Å². The topological polar surface area (TPSA) is 85.4 Å². The second-order valence-corrected chi connectivity index (χ2v) is 6.05. The fourth-order valence-corrected chi connectivity index (χ4v) is 2.86. The van der Waals surface area contributed by atoms with E-state index in [1.54, 1.807) is 11.9 Å². The molecule has 0 radical (unpaired) electrons. The number of aromatic nitrogens is 1. The van der Waals surface area contributed by atoms with Gasteiger partial charge >= 0.3 is 5.97 Å². The number of aliphatic carboxylic acids is 1. The van der Waals surface area contributed by atoms with Crippen LogP contribution in [0.15, 0.2) is 30.5 Å². The summed E-state index contributed by atoms with van der Waals surface area (Å²) in [6.07, 6.45) is 3.02. The quantitative estimate of drug-likeness (QED) is 0.691. The first kappa shape index (κ1) is 18.0. The summed E-state index contributed by atoms with van der Waals surface area (Å²) in [6, 6.07) is 7.12. The minimum atomic E-state index is -0.888. The monoisotopic (exact) mass is 331 g/mol. The van der Waals surface area contributed by atoms with E-state index in [9.17, 15) is 14.7 Å². The van der Waals surface area contributed by atoms with Gasteiger partial charge in [-0.05, 0) is 18.1 Å². The highest BCUT2D eigenvalue weighted by atomic mass is 16.4. The third-order valence-electron chi connectivity index (χ3n) is 4.51. The van der Waals surface area contributed by atoms with Crippen LogP contribution in [0.5, 0.6) is 0 Å². The van der Waals surface area contributed by atoms with Gasteiger partial charge in [0.25, 0.3) is 0 Å². The number of likely N-dealkylation sites (N-methyl/N-ethyl adjacent to an activating group) is 1. The second kappa shape index (κ2) is 7.97. The molecule has 6 heteroatoms. The molecule has 1 aromatic carbocycles. The van der Waals surface area contributed by atoms with Gasteiger partial charge in [-0.25, -0.2) is 0 Å². The molecular weight excluding hydrogens is 306 g/mol. The summed E-state index contributed by atoms with van der Waals surface area (Å²) in [5, 5.41) is 13.7. The normalized spacial score (nSPS) is 13.6. The first-order chi connectivity index (χ1) is 11.4. The molecule has 2 rings (SSSR count). The number of benzene rings is 1. The summed E-state index contributed by atoms with van der Waals surface area (Å²) in [7, 11) is 1.74. The third kappa shape index (κ3) is 4.14. The van der Waals surface area contributed by atoms with Crippen LogP contribution in [0.4, 0.5) is 0 Å².